The van der Waals surface area contributed by atoms with Crippen LogP contribution in [0.2, 0.25) is 0 Å². The number of rotatable bonds is 10. The molecule has 0 aliphatic heterocycles. The summed E-state index contributed by atoms with van der Waals surface area (Å²) in [7, 11) is -2.89. The lowest BCUT2D eigenvalue weighted by atomic mass is 10.0. The monoisotopic (exact) mass is 313 g/mol. The molecule has 0 aliphatic carbocycles. The van der Waals surface area contributed by atoms with Gasteiger partial charge < -0.3 is 10.1 Å². The van der Waals surface area contributed by atoms with Crippen molar-refractivity contribution in [1.82, 2.24) is 5.32 Å². The quantitative estimate of drug-likeness (QED) is 0.721. The molecule has 0 radical (unpaired) electrons. The van der Waals surface area contributed by atoms with Gasteiger partial charge in [0.15, 0.2) is 0 Å². The largest absolute Gasteiger partial charge is 0.494 e. The minimum atomic E-state index is -2.89. The van der Waals surface area contributed by atoms with Crippen LogP contribution in [0.3, 0.4) is 0 Å². The molecule has 1 aromatic rings. The second-order valence-corrected chi connectivity index (χ2v) is 7.56. The van der Waals surface area contributed by atoms with Gasteiger partial charge >= 0.3 is 0 Å². The van der Waals surface area contributed by atoms with E-state index in [-0.39, 0.29) is 11.8 Å². The molecule has 1 rings (SSSR count). The first-order chi connectivity index (χ1) is 9.96. The van der Waals surface area contributed by atoms with Crippen LogP contribution in [-0.4, -0.2) is 33.6 Å². The number of ether oxygens (including phenoxy) is 1. The van der Waals surface area contributed by atoms with Crippen LogP contribution in [0.25, 0.3) is 0 Å². The average Bonchev–Trinajstić information content (AvgIpc) is 2.43. The number of hydrogen-bond donors (Lipinski definition) is 1. The normalized spacial score (nSPS) is 13.1. The Morgan fingerprint density at radius 3 is 2.67 bits per heavy atom. The Hall–Kier alpha value is -1.07. The molecule has 1 aromatic carbocycles. The minimum Gasteiger partial charge on any atom is -0.494 e. The third-order valence-corrected chi connectivity index (χ3v) is 4.22. The highest BCUT2D eigenvalue weighted by Gasteiger charge is 2.12. The third kappa shape index (κ3) is 7.48. The zero-order valence-electron chi connectivity index (χ0n) is 13.3. The van der Waals surface area contributed by atoms with Crippen LogP contribution in [0.4, 0.5) is 0 Å². The summed E-state index contributed by atoms with van der Waals surface area (Å²) in [5.74, 6) is 1.11. The van der Waals surface area contributed by atoms with Crippen LogP contribution in [-0.2, 0) is 9.84 Å². The van der Waals surface area contributed by atoms with Crippen molar-refractivity contribution in [1.29, 1.82) is 0 Å². The summed E-state index contributed by atoms with van der Waals surface area (Å²) in [5.41, 5.74) is 1.15. The molecule has 0 spiro atoms. The van der Waals surface area contributed by atoms with Gasteiger partial charge in [0.25, 0.3) is 0 Å². The predicted molar refractivity (Wildman–Crippen MR) is 87.6 cm³/mol. The molecular weight excluding hydrogens is 286 g/mol. The molecule has 1 N–H and O–H groups in total. The molecule has 0 saturated heterocycles. The number of sulfone groups is 1. The summed E-state index contributed by atoms with van der Waals surface area (Å²) in [4.78, 5) is 0. The van der Waals surface area contributed by atoms with E-state index in [1.165, 1.54) is 6.26 Å². The summed E-state index contributed by atoms with van der Waals surface area (Å²) in [6, 6.07) is 8.22. The maximum atomic E-state index is 11.2. The van der Waals surface area contributed by atoms with Gasteiger partial charge in [0.05, 0.1) is 6.61 Å². The van der Waals surface area contributed by atoms with Crippen LogP contribution in [0.15, 0.2) is 24.3 Å². The Bertz CT molecular complexity index is 514. The highest BCUT2D eigenvalue weighted by molar-refractivity contribution is 7.90. The van der Waals surface area contributed by atoms with E-state index in [9.17, 15) is 8.42 Å². The van der Waals surface area contributed by atoms with E-state index in [1.807, 2.05) is 18.2 Å². The average molecular weight is 313 g/mol. The molecule has 0 saturated carbocycles. The first kappa shape index (κ1) is 18.0. The smallest absolute Gasteiger partial charge is 0.147 e. The highest BCUT2D eigenvalue weighted by atomic mass is 32.2. The van der Waals surface area contributed by atoms with Crippen LogP contribution in [0, 0.1) is 0 Å². The van der Waals surface area contributed by atoms with Gasteiger partial charge in [0, 0.05) is 18.1 Å². The first-order valence-corrected chi connectivity index (χ1v) is 9.66. The van der Waals surface area contributed by atoms with E-state index in [0.717, 1.165) is 30.7 Å². The molecule has 21 heavy (non-hydrogen) atoms. The Labute approximate surface area is 128 Å². The van der Waals surface area contributed by atoms with Crippen LogP contribution in [0.5, 0.6) is 5.75 Å². The molecule has 1 unspecified atom stereocenters. The fourth-order valence-electron chi connectivity index (χ4n) is 2.22. The van der Waals surface area contributed by atoms with Crippen molar-refractivity contribution in [2.45, 2.75) is 39.2 Å². The molecule has 4 nitrogen and oxygen atoms in total. The van der Waals surface area contributed by atoms with Crippen molar-refractivity contribution in [3.05, 3.63) is 29.8 Å². The zero-order chi connectivity index (χ0) is 15.7. The van der Waals surface area contributed by atoms with Crippen molar-refractivity contribution >= 4 is 9.84 Å². The minimum absolute atomic E-state index is 0.168. The Morgan fingerprint density at radius 2 is 2.05 bits per heavy atom. The van der Waals surface area contributed by atoms with Gasteiger partial charge in [-0.25, -0.2) is 8.42 Å². The molecular formula is C16H27NO3S. The standard InChI is InChI=1S/C16H27NO3S/c1-4-11-20-15-9-6-8-14(13-15)16(17-5-2)10-7-12-21(3,18)19/h6,8-9,13,16-17H,4-5,7,10-12H2,1-3H3. The molecule has 5 heteroatoms. The molecule has 0 aromatic heterocycles. The zero-order valence-corrected chi connectivity index (χ0v) is 14.1. The summed E-state index contributed by atoms with van der Waals surface area (Å²) < 4.78 is 28.1. The topological polar surface area (TPSA) is 55.4 Å². The lowest BCUT2D eigenvalue weighted by molar-refractivity contribution is 0.316. The first-order valence-electron chi connectivity index (χ1n) is 7.60. The fourth-order valence-corrected chi connectivity index (χ4v) is 2.91. The molecule has 0 amide bonds. The Morgan fingerprint density at radius 1 is 1.29 bits per heavy atom. The van der Waals surface area contributed by atoms with Gasteiger partial charge in [-0.15, -0.1) is 0 Å². The van der Waals surface area contributed by atoms with Gasteiger partial charge in [-0.05, 0) is 43.5 Å². The number of hydrogen-bond acceptors (Lipinski definition) is 4. The second kappa shape index (κ2) is 9.05. The fraction of sp³-hybridized carbons (Fsp3) is 0.625. The van der Waals surface area contributed by atoms with Crippen LogP contribution < -0.4 is 10.1 Å². The third-order valence-electron chi connectivity index (χ3n) is 3.19. The molecule has 0 aliphatic rings. The SMILES string of the molecule is CCCOc1cccc(C(CCCS(C)(=O)=O)NCC)c1. The number of benzene rings is 1. The Kier molecular flexibility index (Phi) is 7.75. The van der Waals surface area contributed by atoms with Gasteiger partial charge in [0.2, 0.25) is 0 Å². The summed E-state index contributed by atoms with van der Waals surface area (Å²) >= 11 is 0. The molecule has 1 atom stereocenters. The van der Waals surface area contributed by atoms with E-state index in [0.29, 0.717) is 13.0 Å². The molecule has 0 fully saturated rings. The van der Waals surface area contributed by atoms with E-state index >= 15 is 0 Å². The summed E-state index contributed by atoms with van der Waals surface area (Å²) in [5, 5.41) is 3.42. The van der Waals surface area contributed by atoms with E-state index in [4.69, 9.17) is 4.74 Å². The van der Waals surface area contributed by atoms with Crippen molar-refractivity contribution < 1.29 is 13.2 Å². The predicted octanol–water partition coefficient (Wildman–Crippen LogP) is 2.95. The van der Waals surface area contributed by atoms with Gasteiger partial charge in [-0.3, -0.25) is 0 Å². The summed E-state index contributed by atoms with van der Waals surface area (Å²) in [6.45, 7) is 5.70. The molecule has 120 valence electrons. The van der Waals surface area contributed by atoms with Crippen molar-refractivity contribution in [2.24, 2.45) is 0 Å². The lowest BCUT2D eigenvalue weighted by Crippen LogP contribution is -2.21. The van der Waals surface area contributed by atoms with E-state index in [1.54, 1.807) is 0 Å². The molecule has 0 heterocycles. The van der Waals surface area contributed by atoms with Crippen molar-refractivity contribution in [2.75, 3.05) is 25.2 Å². The van der Waals surface area contributed by atoms with Gasteiger partial charge in [-0.1, -0.05) is 26.0 Å². The molecule has 0 bridgehead atoms. The van der Waals surface area contributed by atoms with Crippen molar-refractivity contribution in [3.63, 3.8) is 0 Å². The van der Waals surface area contributed by atoms with Gasteiger partial charge in [0.1, 0.15) is 15.6 Å². The second-order valence-electron chi connectivity index (χ2n) is 5.30. The van der Waals surface area contributed by atoms with Crippen LogP contribution in [0.1, 0.15) is 44.7 Å². The van der Waals surface area contributed by atoms with E-state index in [2.05, 4.69) is 25.2 Å². The Balaban J connectivity index is 2.70. The van der Waals surface area contributed by atoms with Crippen molar-refractivity contribution in [3.8, 4) is 5.75 Å². The maximum absolute atomic E-state index is 11.2. The maximum Gasteiger partial charge on any atom is 0.147 e. The van der Waals surface area contributed by atoms with E-state index < -0.39 is 9.84 Å². The number of nitrogens with one attached hydrogen (secondary N) is 1. The highest BCUT2D eigenvalue weighted by Crippen LogP contribution is 2.23. The van der Waals surface area contributed by atoms with Crippen LogP contribution >= 0.6 is 0 Å². The summed E-state index contributed by atoms with van der Waals surface area (Å²) in [6.07, 6.45) is 3.73. The lowest BCUT2D eigenvalue weighted by Gasteiger charge is -2.19. The van der Waals surface area contributed by atoms with Gasteiger partial charge in [-0.2, -0.15) is 0 Å².